The zero-order valence-corrected chi connectivity index (χ0v) is 8.95. The summed E-state index contributed by atoms with van der Waals surface area (Å²) in [7, 11) is -2.98. The van der Waals surface area contributed by atoms with E-state index in [-0.39, 0.29) is 0 Å². The van der Waals surface area contributed by atoms with Crippen molar-refractivity contribution in [2.45, 2.75) is 0 Å². The second-order valence-electron chi connectivity index (χ2n) is 3.08. The highest BCUT2D eigenvalue weighted by atomic mass is 31.2. The summed E-state index contributed by atoms with van der Waals surface area (Å²) in [5.41, 5.74) is 0. The SMILES string of the molecule is BN(P(C)(C)=O)P(C)(C)=O. The molecular formula is C4H14BNO2P2. The van der Waals surface area contributed by atoms with Gasteiger partial charge in [-0.2, -0.15) is 0 Å². The van der Waals surface area contributed by atoms with Crippen LogP contribution < -0.4 is 0 Å². The van der Waals surface area contributed by atoms with E-state index in [4.69, 9.17) is 0 Å². The summed E-state index contributed by atoms with van der Waals surface area (Å²) in [5.74, 6) is 0. The molecule has 0 aliphatic carbocycles. The van der Waals surface area contributed by atoms with E-state index in [9.17, 15) is 9.13 Å². The van der Waals surface area contributed by atoms with Crippen LogP contribution in [0.25, 0.3) is 0 Å². The van der Waals surface area contributed by atoms with E-state index < -0.39 is 14.6 Å². The minimum atomic E-state index is -2.31. The molecule has 0 aromatic rings. The van der Waals surface area contributed by atoms with Crippen LogP contribution in [-0.2, 0) is 9.13 Å². The molecule has 10 heavy (non-hydrogen) atoms. The molecule has 0 aromatic carbocycles. The lowest BCUT2D eigenvalue weighted by Crippen LogP contribution is -2.10. The molecule has 0 aliphatic heterocycles. The Kier molecular flexibility index (Phi) is 2.99. The summed E-state index contributed by atoms with van der Waals surface area (Å²) >= 11 is 0. The minimum Gasteiger partial charge on any atom is -0.308 e. The summed E-state index contributed by atoms with van der Waals surface area (Å²) in [6.45, 7) is 6.47. The first-order chi connectivity index (χ1) is 4.15. The number of rotatable bonds is 2. The first kappa shape index (κ1) is 10.5. The van der Waals surface area contributed by atoms with E-state index in [2.05, 4.69) is 0 Å². The fourth-order valence-electron chi connectivity index (χ4n) is 0.519. The molecule has 6 heteroatoms. The van der Waals surface area contributed by atoms with E-state index in [1.54, 1.807) is 34.6 Å². The maximum Gasteiger partial charge on any atom is 0.202 e. The van der Waals surface area contributed by atoms with Crippen molar-refractivity contribution in [1.29, 1.82) is 0 Å². The quantitative estimate of drug-likeness (QED) is 0.469. The van der Waals surface area contributed by atoms with Gasteiger partial charge in [-0.15, -0.1) is 0 Å². The highest BCUT2D eigenvalue weighted by Crippen LogP contribution is 2.56. The van der Waals surface area contributed by atoms with Gasteiger partial charge in [0.2, 0.25) is 7.98 Å². The molecule has 0 heterocycles. The molecule has 0 spiro atoms. The van der Waals surface area contributed by atoms with E-state index >= 15 is 0 Å². The average molecular weight is 181 g/mol. The lowest BCUT2D eigenvalue weighted by molar-refractivity contribution is 0.551. The van der Waals surface area contributed by atoms with Gasteiger partial charge in [0.25, 0.3) is 0 Å². The van der Waals surface area contributed by atoms with Crippen molar-refractivity contribution in [3.8, 4) is 0 Å². The molecule has 0 radical (unpaired) electrons. The molecule has 0 aliphatic rings. The summed E-state index contributed by atoms with van der Waals surface area (Å²) < 4.78 is 24.1. The van der Waals surface area contributed by atoms with Gasteiger partial charge >= 0.3 is 0 Å². The van der Waals surface area contributed by atoms with Crippen molar-refractivity contribution in [1.82, 2.24) is 4.35 Å². The van der Waals surface area contributed by atoms with Gasteiger partial charge in [-0.3, -0.25) is 4.35 Å². The van der Waals surface area contributed by atoms with E-state index in [0.717, 1.165) is 0 Å². The molecule has 0 saturated carbocycles. The van der Waals surface area contributed by atoms with Crippen molar-refractivity contribution in [2.24, 2.45) is 0 Å². The third kappa shape index (κ3) is 3.05. The Hall–Kier alpha value is 0.485. The Morgan fingerprint density at radius 3 is 1.20 bits per heavy atom. The third-order valence-corrected chi connectivity index (χ3v) is 6.77. The molecule has 60 valence electrons. The molecule has 0 bridgehead atoms. The lowest BCUT2D eigenvalue weighted by Gasteiger charge is -2.25. The van der Waals surface area contributed by atoms with Crippen molar-refractivity contribution in [3.63, 3.8) is 0 Å². The Balaban J connectivity index is 4.56. The van der Waals surface area contributed by atoms with Crippen molar-refractivity contribution in [2.75, 3.05) is 26.7 Å². The molecule has 0 saturated heterocycles. The Labute approximate surface area is 63.5 Å². The Morgan fingerprint density at radius 1 is 1.00 bits per heavy atom. The maximum absolute atomic E-state index is 11.3. The van der Waals surface area contributed by atoms with Gasteiger partial charge in [-0.05, 0) is 0 Å². The second kappa shape index (κ2) is 2.85. The summed E-state index contributed by atoms with van der Waals surface area (Å²) in [5, 5.41) is 0. The average Bonchev–Trinajstić information content (AvgIpc) is 1.59. The van der Waals surface area contributed by atoms with Crippen LogP contribution in [0.5, 0.6) is 0 Å². The van der Waals surface area contributed by atoms with Crippen LogP contribution in [-0.4, -0.2) is 39.0 Å². The van der Waals surface area contributed by atoms with Gasteiger partial charge in [-0.25, -0.2) is 0 Å². The second-order valence-corrected chi connectivity index (χ2v) is 9.77. The third-order valence-electron chi connectivity index (χ3n) is 1.39. The van der Waals surface area contributed by atoms with Gasteiger partial charge in [-0.1, -0.05) is 0 Å². The topological polar surface area (TPSA) is 37.4 Å². The van der Waals surface area contributed by atoms with Crippen LogP contribution in [0.15, 0.2) is 0 Å². The first-order valence-electron chi connectivity index (χ1n) is 3.00. The summed E-state index contributed by atoms with van der Waals surface area (Å²) in [6, 6.07) is 0. The highest BCUT2D eigenvalue weighted by molar-refractivity contribution is 7.76. The van der Waals surface area contributed by atoms with Crippen LogP contribution in [0.4, 0.5) is 0 Å². The molecule has 0 rings (SSSR count). The molecule has 0 N–H and O–H groups in total. The van der Waals surface area contributed by atoms with Gasteiger partial charge in [0, 0.05) is 26.7 Å². The molecule has 0 atom stereocenters. The number of hydrogen-bond donors (Lipinski definition) is 0. The predicted octanol–water partition coefficient (Wildman–Crippen LogP) is 0.912. The zero-order valence-electron chi connectivity index (χ0n) is 7.16. The monoisotopic (exact) mass is 181 g/mol. The van der Waals surface area contributed by atoms with Crippen molar-refractivity contribution in [3.05, 3.63) is 0 Å². The van der Waals surface area contributed by atoms with Gasteiger partial charge in [0.05, 0.1) is 0 Å². The summed E-state index contributed by atoms with van der Waals surface area (Å²) in [6.07, 6.45) is 0. The van der Waals surface area contributed by atoms with Crippen LogP contribution >= 0.6 is 14.6 Å². The van der Waals surface area contributed by atoms with Crippen LogP contribution in [0.1, 0.15) is 0 Å². The Bertz CT molecular complexity index is 183. The molecular weight excluding hydrogens is 167 g/mol. The molecule has 0 unspecified atom stereocenters. The first-order valence-corrected chi connectivity index (χ1v) is 8.11. The van der Waals surface area contributed by atoms with Crippen LogP contribution in [0, 0.1) is 0 Å². The van der Waals surface area contributed by atoms with Gasteiger partial charge < -0.3 is 9.13 Å². The largest absolute Gasteiger partial charge is 0.308 e. The predicted molar refractivity (Wildman–Crippen MR) is 49.3 cm³/mol. The fraction of sp³-hybridized carbons (Fsp3) is 1.00. The lowest BCUT2D eigenvalue weighted by atomic mass is 10.5. The zero-order chi connectivity index (χ0) is 8.58. The molecule has 0 fully saturated rings. The van der Waals surface area contributed by atoms with Crippen molar-refractivity contribution >= 4 is 22.6 Å². The smallest absolute Gasteiger partial charge is 0.202 e. The van der Waals surface area contributed by atoms with Crippen LogP contribution in [0.2, 0.25) is 0 Å². The molecule has 0 amide bonds. The Morgan fingerprint density at radius 2 is 1.20 bits per heavy atom. The van der Waals surface area contributed by atoms with Gasteiger partial charge in [0.1, 0.15) is 14.6 Å². The van der Waals surface area contributed by atoms with E-state index in [1.165, 1.54) is 4.35 Å². The molecule has 0 aromatic heterocycles. The molecule has 3 nitrogen and oxygen atoms in total. The minimum absolute atomic E-state index is 1.49. The number of hydrogen-bond acceptors (Lipinski definition) is 2. The maximum atomic E-state index is 11.3. The van der Waals surface area contributed by atoms with E-state index in [1.807, 2.05) is 0 Å². The van der Waals surface area contributed by atoms with Crippen LogP contribution in [0.3, 0.4) is 0 Å². The van der Waals surface area contributed by atoms with E-state index in [0.29, 0.717) is 0 Å². The fourth-order valence-corrected chi connectivity index (χ4v) is 4.67. The van der Waals surface area contributed by atoms with Gasteiger partial charge in [0.15, 0.2) is 0 Å². The number of nitrogens with zero attached hydrogens (tertiary/aromatic N) is 1. The highest BCUT2D eigenvalue weighted by Gasteiger charge is 2.24. The normalized spacial score (nSPS) is 14.1. The van der Waals surface area contributed by atoms with Crippen molar-refractivity contribution < 1.29 is 9.13 Å². The summed E-state index contributed by atoms with van der Waals surface area (Å²) in [4.78, 5) is 0. The standard InChI is InChI=1S/C4H14BNO2P2/c1-9(2,7)6(5)10(3,4)8/h5H2,1-4H3.